The summed E-state index contributed by atoms with van der Waals surface area (Å²) in [7, 11) is 0. The fourth-order valence-corrected chi connectivity index (χ4v) is 4.63. The molecule has 148 valence electrons. The predicted octanol–water partition coefficient (Wildman–Crippen LogP) is 5.16. The van der Waals surface area contributed by atoms with Crippen LogP contribution >= 0.6 is 23.7 Å². The standard InChI is InChI=1S/C22H29NO2S.ClH/c1-2-8-17-9-5-6-12-20(17)25-16-19(24)15-23-22(18-10-3-4-11-18)21-13-7-14-26-21;/h2,5-7,9,12-14,18-19,22-24H,1,3-4,8,10-11,15-16H2;1H. The average molecular weight is 408 g/mol. The van der Waals surface area contributed by atoms with Crippen LogP contribution < -0.4 is 10.1 Å². The minimum atomic E-state index is -0.532. The molecule has 3 nitrogen and oxygen atoms in total. The molecule has 2 N–H and O–H groups in total. The van der Waals surface area contributed by atoms with E-state index >= 15 is 0 Å². The molecule has 1 aromatic heterocycles. The van der Waals surface area contributed by atoms with Crippen molar-refractivity contribution in [3.63, 3.8) is 0 Å². The Kier molecular flexibility index (Phi) is 9.35. The van der Waals surface area contributed by atoms with Gasteiger partial charge in [0, 0.05) is 17.5 Å². The van der Waals surface area contributed by atoms with Crippen LogP contribution in [0.4, 0.5) is 0 Å². The predicted molar refractivity (Wildman–Crippen MR) is 116 cm³/mol. The van der Waals surface area contributed by atoms with E-state index < -0.39 is 6.10 Å². The number of ether oxygens (including phenoxy) is 1. The van der Waals surface area contributed by atoms with Crippen molar-refractivity contribution in [2.45, 2.75) is 44.2 Å². The van der Waals surface area contributed by atoms with Crippen molar-refractivity contribution in [1.82, 2.24) is 5.32 Å². The summed E-state index contributed by atoms with van der Waals surface area (Å²) < 4.78 is 5.86. The van der Waals surface area contributed by atoms with Crippen molar-refractivity contribution in [2.24, 2.45) is 5.92 Å². The average Bonchev–Trinajstić information content (AvgIpc) is 3.36. The van der Waals surface area contributed by atoms with E-state index in [1.807, 2.05) is 30.3 Å². The number of hydrogen-bond acceptors (Lipinski definition) is 4. The Morgan fingerprint density at radius 2 is 2.00 bits per heavy atom. The zero-order chi connectivity index (χ0) is 18.2. The lowest BCUT2D eigenvalue weighted by Crippen LogP contribution is -2.36. The van der Waals surface area contributed by atoms with Gasteiger partial charge in [0.15, 0.2) is 0 Å². The molecule has 0 amide bonds. The molecular formula is C22H30ClNO2S. The topological polar surface area (TPSA) is 41.5 Å². The van der Waals surface area contributed by atoms with Gasteiger partial charge in [-0.2, -0.15) is 0 Å². The van der Waals surface area contributed by atoms with Gasteiger partial charge in [-0.05, 0) is 48.3 Å². The van der Waals surface area contributed by atoms with Crippen LogP contribution in [0.5, 0.6) is 5.75 Å². The quantitative estimate of drug-likeness (QED) is 0.534. The summed E-state index contributed by atoms with van der Waals surface area (Å²) in [6.45, 7) is 4.63. The molecule has 0 radical (unpaired) electrons. The molecule has 0 aliphatic heterocycles. The molecule has 2 atom stereocenters. The van der Waals surface area contributed by atoms with Crippen molar-refractivity contribution in [2.75, 3.05) is 13.2 Å². The maximum absolute atomic E-state index is 10.4. The van der Waals surface area contributed by atoms with Crippen LogP contribution in [0, 0.1) is 5.92 Å². The fraction of sp³-hybridized carbons (Fsp3) is 0.455. The van der Waals surface area contributed by atoms with Gasteiger partial charge in [-0.25, -0.2) is 0 Å². The van der Waals surface area contributed by atoms with Gasteiger partial charge < -0.3 is 15.2 Å². The first kappa shape index (κ1) is 22.0. The van der Waals surface area contributed by atoms with Crippen LogP contribution in [-0.4, -0.2) is 24.4 Å². The Balaban J connectivity index is 0.00000261. The monoisotopic (exact) mass is 407 g/mol. The first-order valence-corrected chi connectivity index (χ1v) is 10.4. The summed E-state index contributed by atoms with van der Waals surface area (Å²) in [5.74, 6) is 1.51. The molecule has 1 aromatic carbocycles. The maximum atomic E-state index is 10.4. The van der Waals surface area contributed by atoms with E-state index in [0.717, 1.165) is 17.7 Å². The van der Waals surface area contributed by atoms with Crippen LogP contribution in [0.25, 0.3) is 0 Å². The van der Waals surface area contributed by atoms with Crippen molar-refractivity contribution in [3.8, 4) is 5.75 Å². The van der Waals surface area contributed by atoms with Crippen LogP contribution in [0.1, 0.15) is 42.2 Å². The van der Waals surface area contributed by atoms with E-state index in [4.69, 9.17) is 4.74 Å². The lowest BCUT2D eigenvalue weighted by Gasteiger charge is -2.25. The molecule has 1 aliphatic rings. The number of hydrogen-bond donors (Lipinski definition) is 2. The van der Waals surface area contributed by atoms with Gasteiger partial charge in [0.05, 0.1) is 0 Å². The first-order chi connectivity index (χ1) is 12.8. The number of allylic oxidation sites excluding steroid dienone is 1. The Hall–Kier alpha value is -1.33. The second kappa shape index (κ2) is 11.5. The summed E-state index contributed by atoms with van der Waals surface area (Å²) in [6.07, 6.45) is 7.30. The second-order valence-corrected chi connectivity index (χ2v) is 7.99. The molecule has 0 saturated heterocycles. The van der Waals surface area contributed by atoms with Gasteiger partial charge in [0.2, 0.25) is 0 Å². The maximum Gasteiger partial charge on any atom is 0.122 e. The van der Waals surface area contributed by atoms with Gasteiger partial charge >= 0.3 is 0 Å². The first-order valence-electron chi connectivity index (χ1n) is 9.54. The van der Waals surface area contributed by atoms with E-state index in [-0.39, 0.29) is 12.4 Å². The molecule has 0 spiro atoms. The minimum absolute atomic E-state index is 0. The van der Waals surface area contributed by atoms with Crippen LogP contribution in [0.15, 0.2) is 54.4 Å². The Morgan fingerprint density at radius 1 is 1.22 bits per heavy atom. The molecule has 1 aliphatic carbocycles. The third-order valence-corrected chi connectivity index (χ3v) is 6.02. The van der Waals surface area contributed by atoms with E-state index in [0.29, 0.717) is 25.1 Å². The highest BCUT2D eigenvalue weighted by Crippen LogP contribution is 2.37. The van der Waals surface area contributed by atoms with Gasteiger partial charge in [0.25, 0.3) is 0 Å². The van der Waals surface area contributed by atoms with Crippen molar-refractivity contribution in [3.05, 3.63) is 64.9 Å². The largest absolute Gasteiger partial charge is 0.491 e. The van der Waals surface area contributed by atoms with Crippen molar-refractivity contribution in [1.29, 1.82) is 0 Å². The molecule has 1 fully saturated rings. The summed E-state index contributed by atoms with van der Waals surface area (Å²) in [5.41, 5.74) is 1.10. The molecule has 3 rings (SSSR count). The molecule has 5 heteroatoms. The zero-order valence-corrected chi connectivity index (χ0v) is 17.3. The molecule has 2 unspecified atom stereocenters. The lowest BCUT2D eigenvalue weighted by atomic mass is 9.96. The molecular weight excluding hydrogens is 378 g/mol. The Labute approximate surface area is 172 Å². The molecule has 2 aromatic rings. The number of benzene rings is 1. The van der Waals surface area contributed by atoms with E-state index in [1.54, 1.807) is 11.3 Å². The van der Waals surface area contributed by atoms with E-state index in [1.165, 1.54) is 30.6 Å². The molecule has 0 bridgehead atoms. The van der Waals surface area contributed by atoms with Crippen LogP contribution in [-0.2, 0) is 6.42 Å². The van der Waals surface area contributed by atoms with Crippen LogP contribution in [0.3, 0.4) is 0 Å². The Morgan fingerprint density at radius 3 is 2.70 bits per heavy atom. The summed E-state index contributed by atoms with van der Waals surface area (Å²) in [6, 6.07) is 12.6. The molecule has 1 heterocycles. The van der Waals surface area contributed by atoms with E-state index in [2.05, 4.69) is 29.4 Å². The molecule has 27 heavy (non-hydrogen) atoms. The van der Waals surface area contributed by atoms with Crippen molar-refractivity contribution >= 4 is 23.7 Å². The number of halogens is 1. The number of aliphatic hydroxyl groups is 1. The number of thiophene rings is 1. The highest BCUT2D eigenvalue weighted by atomic mass is 35.5. The molecule has 1 saturated carbocycles. The Bertz CT molecular complexity index is 671. The number of para-hydroxylation sites is 1. The normalized spacial score (nSPS) is 16.5. The summed E-state index contributed by atoms with van der Waals surface area (Å²) in [4.78, 5) is 1.38. The SMILES string of the molecule is C=CCc1ccccc1OCC(O)CNC(c1cccs1)C1CCCC1.Cl. The van der Waals surface area contributed by atoms with Crippen LogP contribution in [0.2, 0.25) is 0 Å². The number of rotatable bonds is 10. The van der Waals surface area contributed by atoms with Gasteiger partial charge in [0.1, 0.15) is 18.5 Å². The third kappa shape index (κ3) is 6.35. The highest BCUT2D eigenvalue weighted by molar-refractivity contribution is 7.10. The highest BCUT2D eigenvalue weighted by Gasteiger charge is 2.27. The van der Waals surface area contributed by atoms with Gasteiger partial charge in [-0.1, -0.05) is 43.2 Å². The van der Waals surface area contributed by atoms with Gasteiger partial charge in [-0.3, -0.25) is 0 Å². The number of nitrogens with one attached hydrogen (secondary N) is 1. The minimum Gasteiger partial charge on any atom is -0.491 e. The smallest absolute Gasteiger partial charge is 0.122 e. The summed E-state index contributed by atoms with van der Waals surface area (Å²) in [5, 5.41) is 16.2. The van der Waals surface area contributed by atoms with E-state index in [9.17, 15) is 5.11 Å². The number of aliphatic hydroxyl groups excluding tert-OH is 1. The van der Waals surface area contributed by atoms with Gasteiger partial charge in [-0.15, -0.1) is 30.3 Å². The lowest BCUT2D eigenvalue weighted by molar-refractivity contribution is 0.100. The summed E-state index contributed by atoms with van der Waals surface area (Å²) >= 11 is 1.80. The fourth-order valence-electron chi connectivity index (χ4n) is 3.74. The zero-order valence-electron chi connectivity index (χ0n) is 15.7. The second-order valence-electron chi connectivity index (χ2n) is 7.01. The van der Waals surface area contributed by atoms with Crippen molar-refractivity contribution < 1.29 is 9.84 Å². The third-order valence-electron chi connectivity index (χ3n) is 5.06.